The summed E-state index contributed by atoms with van der Waals surface area (Å²) in [6.45, 7) is 8.24. The molecule has 6 nitrogen and oxygen atoms in total. The average molecular weight is 493 g/mol. The van der Waals surface area contributed by atoms with E-state index in [-0.39, 0.29) is 49.4 Å². The van der Waals surface area contributed by atoms with Crippen molar-refractivity contribution in [3.63, 3.8) is 0 Å². The minimum absolute atomic E-state index is 0.00877. The van der Waals surface area contributed by atoms with E-state index >= 15 is 0 Å². The standard InChI is InChI=1S/C24H29BrO6/c1-11(2)6-8-13-17-16(10-15(26)23(13)30-5)31-24-18(22(17)29)20(27)14(9-7-12(3)4)21(28)19(24)25/h10-12,26-28H,6-9H2,1-5H3. The van der Waals surface area contributed by atoms with Crippen molar-refractivity contribution in [3.05, 3.63) is 31.9 Å². The third-order valence-electron chi connectivity index (χ3n) is 5.58. The maximum absolute atomic E-state index is 13.6. The van der Waals surface area contributed by atoms with E-state index < -0.39 is 5.43 Å². The second-order valence-corrected chi connectivity index (χ2v) is 9.56. The number of hydrogen-bond acceptors (Lipinski definition) is 6. The minimum Gasteiger partial charge on any atom is -0.507 e. The Labute approximate surface area is 189 Å². The van der Waals surface area contributed by atoms with E-state index in [4.69, 9.17) is 9.15 Å². The number of phenolic OH excluding ortho intramolecular Hbond substituents is 3. The van der Waals surface area contributed by atoms with Gasteiger partial charge in [0.25, 0.3) is 0 Å². The van der Waals surface area contributed by atoms with E-state index in [1.54, 1.807) is 0 Å². The molecule has 0 bridgehead atoms. The van der Waals surface area contributed by atoms with E-state index in [9.17, 15) is 20.1 Å². The number of ether oxygens (including phenoxy) is 1. The SMILES string of the molecule is COc1c(O)cc2oc3c(Br)c(O)c(CCC(C)C)c(O)c3c(=O)c2c1CCC(C)C. The topological polar surface area (TPSA) is 100 Å². The molecule has 0 aliphatic carbocycles. The molecule has 0 amide bonds. The largest absolute Gasteiger partial charge is 0.507 e. The summed E-state index contributed by atoms with van der Waals surface area (Å²) in [6, 6.07) is 1.33. The van der Waals surface area contributed by atoms with Crippen molar-refractivity contribution >= 4 is 37.9 Å². The number of phenols is 3. The molecule has 7 heteroatoms. The van der Waals surface area contributed by atoms with Crippen LogP contribution in [-0.4, -0.2) is 22.4 Å². The van der Waals surface area contributed by atoms with Gasteiger partial charge in [-0.05, 0) is 53.4 Å². The first-order chi connectivity index (χ1) is 14.6. The van der Waals surface area contributed by atoms with Gasteiger partial charge in [-0.2, -0.15) is 0 Å². The van der Waals surface area contributed by atoms with Crippen molar-refractivity contribution in [3.8, 4) is 23.0 Å². The molecule has 0 saturated carbocycles. The molecule has 0 aliphatic heterocycles. The first-order valence-electron chi connectivity index (χ1n) is 10.5. The van der Waals surface area contributed by atoms with Crippen LogP contribution in [0.1, 0.15) is 51.7 Å². The van der Waals surface area contributed by atoms with Crippen LogP contribution in [0, 0.1) is 11.8 Å². The summed E-state index contributed by atoms with van der Waals surface area (Å²) < 4.78 is 11.6. The maximum atomic E-state index is 13.6. The van der Waals surface area contributed by atoms with Gasteiger partial charge in [0.1, 0.15) is 26.9 Å². The van der Waals surface area contributed by atoms with Crippen LogP contribution in [0.3, 0.4) is 0 Å². The Morgan fingerprint density at radius 3 is 2.10 bits per heavy atom. The summed E-state index contributed by atoms with van der Waals surface area (Å²) in [6.07, 6.45) is 2.43. The first kappa shape index (κ1) is 23.3. The lowest BCUT2D eigenvalue weighted by Gasteiger charge is -2.17. The minimum atomic E-state index is -0.419. The van der Waals surface area contributed by atoms with Gasteiger partial charge in [-0.1, -0.05) is 27.7 Å². The number of benzene rings is 2. The van der Waals surface area contributed by atoms with Crippen molar-refractivity contribution in [2.75, 3.05) is 7.11 Å². The van der Waals surface area contributed by atoms with Crippen LogP contribution in [-0.2, 0) is 12.8 Å². The van der Waals surface area contributed by atoms with Crippen molar-refractivity contribution < 1.29 is 24.5 Å². The molecule has 0 saturated heterocycles. The Morgan fingerprint density at radius 2 is 1.55 bits per heavy atom. The van der Waals surface area contributed by atoms with Crippen LogP contribution < -0.4 is 10.2 Å². The number of halogens is 1. The Balaban J connectivity index is 2.43. The van der Waals surface area contributed by atoms with Gasteiger partial charge in [-0.3, -0.25) is 4.79 Å². The molecule has 3 N–H and O–H groups in total. The van der Waals surface area contributed by atoms with E-state index in [2.05, 4.69) is 29.8 Å². The quantitative estimate of drug-likeness (QED) is 0.349. The van der Waals surface area contributed by atoms with Gasteiger partial charge < -0.3 is 24.5 Å². The lowest BCUT2D eigenvalue weighted by Crippen LogP contribution is -2.09. The molecule has 0 radical (unpaired) electrons. The molecule has 3 rings (SSSR count). The molecule has 0 aliphatic rings. The van der Waals surface area contributed by atoms with Crippen LogP contribution in [0.5, 0.6) is 23.0 Å². The van der Waals surface area contributed by atoms with Crippen LogP contribution in [0.4, 0.5) is 0 Å². The second-order valence-electron chi connectivity index (χ2n) is 8.77. The van der Waals surface area contributed by atoms with E-state index in [1.165, 1.54) is 13.2 Å². The van der Waals surface area contributed by atoms with Gasteiger partial charge in [-0.15, -0.1) is 0 Å². The summed E-state index contributed by atoms with van der Waals surface area (Å²) in [7, 11) is 1.44. The molecule has 0 unspecified atom stereocenters. The molecule has 168 valence electrons. The van der Waals surface area contributed by atoms with Gasteiger partial charge in [0.05, 0.1) is 12.5 Å². The second kappa shape index (κ2) is 8.99. The summed E-state index contributed by atoms with van der Waals surface area (Å²) in [5.74, 6) is 0.416. The number of aromatic hydroxyl groups is 3. The highest BCUT2D eigenvalue weighted by atomic mass is 79.9. The summed E-state index contributed by atoms with van der Waals surface area (Å²) >= 11 is 3.33. The highest BCUT2D eigenvalue weighted by Crippen LogP contribution is 2.45. The van der Waals surface area contributed by atoms with Gasteiger partial charge in [0.2, 0.25) is 5.43 Å². The smallest absolute Gasteiger partial charge is 0.204 e. The Kier molecular flexibility index (Phi) is 6.74. The maximum Gasteiger partial charge on any atom is 0.204 e. The van der Waals surface area contributed by atoms with Crippen LogP contribution in [0.2, 0.25) is 0 Å². The fourth-order valence-electron chi connectivity index (χ4n) is 3.84. The summed E-state index contributed by atoms with van der Waals surface area (Å²) in [5.41, 5.74) is 0.657. The summed E-state index contributed by atoms with van der Waals surface area (Å²) in [5, 5.41) is 32.4. The molecule has 0 atom stereocenters. The zero-order valence-electron chi connectivity index (χ0n) is 18.5. The highest BCUT2D eigenvalue weighted by molar-refractivity contribution is 9.10. The van der Waals surface area contributed by atoms with E-state index in [0.717, 1.165) is 12.8 Å². The predicted molar refractivity (Wildman–Crippen MR) is 126 cm³/mol. The highest BCUT2D eigenvalue weighted by Gasteiger charge is 2.26. The molecule has 3 aromatic rings. The lowest BCUT2D eigenvalue weighted by molar-refractivity contribution is 0.368. The molecule has 31 heavy (non-hydrogen) atoms. The van der Waals surface area contributed by atoms with Gasteiger partial charge in [-0.25, -0.2) is 0 Å². The summed E-state index contributed by atoms with van der Waals surface area (Å²) in [4.78, 5) is 13.6. The van der Waals surface area contributed by atoms with Gasteiger partial charge >= 0.3 is 0 Å². The molecule has 0 fully saturated rings. The van der Waals surface area contributed by atoms with Crippen molar-refractivity contribution in [2.45, 2.75) is 53.4 Å². The average Bonchev–Trinajstić information content (AvgIpc) is 2.69. The first-order valence-corrected chi connectivity index (χ1v) is 11.3. The zero-order chi connectivity index (χ0) is 23.0. The Morgan fingerprint density at radius 1 is 0.968 bits per heavy atom. The van der Waals surface area contributed by atoms with Crippen LogP contribution >= 0.6 is 15.9 Å². The fourth-order valence-corrected chi connectivity index (χ4v) is 4.36. The molecule has 2 aromatic carbocycles. The van der Waals surface area contributed by atoms with Gasteiger partial charge in [0, 0.05) is 17.2 Å². The molecule has 0 spiro atoms. The molecule has 1 heterocycles. The molecular weight excluding hydrogens is 464 g/mol. The fraction of sp³-hybridized carbons (Fsp3) is 0.458. The van der Waals surface area contributed by atoms with Crippen molar-refractivity contribution in [2.24, 2.45) is 11.8 Å². The molecule has 1 aromatic heterocycles. The zero-order valence-corrected chi connectivity index (χ0v) is 20.1. The number of rotatable bonds is 7. The lowest BCUT2D eigenvalue weighted by atomic mass is 9.95. The van der Waals surface area contributed by atoms with Crippen molar-refractivity contribution in [1.29, 1.82) is 0 Å². The molecular formula is C24H29BrO6. The van der Waals surface area contributed by atoms with Gasteiger partial charge in [0.15, 0.2) is 17.1 Å². The predicted octanol–water partition coefficient (Wildman–Crippen LogP) is 6.01. The number of hydrogen-bond donors (Lipinski definition) is 3. The number of aryl methyl sites for hydroxylation is 1. The monoisotopic (exact) mass is 492 g/mol. The van der Waals surface area contributed by atoms with Crippen LogP contribution in [0.15, 0.2) is 19.8 Å². The number of fused-ring (bicyclic) bond motifs is 2. The van der Waals surface area contributed by atoms with E-state index in [0.29, 0.717) is 35.8 Å². The number of methoxy groups -OCH3 is 1. The third-order valence-corrected chi connectivity index (χ3v) is 6.31. The van der Waals surface area contributed by atoms with Crippen LogP contribution in [0.25, 0.3) is 21.9 Å². The third kappa shape index (κ3) is 4.20. The normalized spacial score (nSPS) is 11.9. The van der Waals surface area contributed by atoms with Crippen molar-refractivity contribution in [1.82, 2.24) is 0 Å². The Hall–Kier alpha value is -2.41. The Bertz CT molecular complexity index is 1190. The van der Waals surface area contributed by atoms with E-state index in [1.807, 2.05) is 13.8 Å².